The molecule has 3 fully saturated rings. The van der Waals surface area contributed by atoms with Crippen LogP contribution in [0, 0.1) is 34.5 Å². The van der Waals surface area contributed by atoms with E-state index in [2.05, 4.69) is 12.2 Å². The highest BCUT2D eigenvalue weighted by Gasteiger charge is 2.68. The second kappa shape index (κ2) is 11.4. The van der Waals surface area contributed by atoms with Crippen molar-refractivity contribution in [3.05, 3.63) is 23.8 Å². The number of allylic oxidation sites excluding steroid dienone is 4. The summed E-state index contributed by atoms with van der Waals surface area (Å²) in [5.74, 6) is -3.27. The molecule has 4 rings (SSSR count). The first-order valence-electron chi connectivity index (χ1n) is 14.7. The molecule has 0 aliphatic heterocycles. The van der Waals surface area contributed by atoms with Crippen LogP contribution in [0.5, 0.6) is 0 Å². The predicted molar refractivity (Wildman–Crippen MR) is 147 cm³/mol. The monoisotopic (exact) mass is 573 g/mol. The molecular weight excluding hydrogens is 530 g/mol. The van der Waals surface area contributed by atoms with Crippen LogP contribution in [0.2, 0.25) is 0 Å². The Bertz CT molecular complexity index is 1170. The van der Waals surface area contributed by atoms with Gasteiger partial charge in [-0.15, -0.1) is 0 Å². The summed E-state index contributed by atoms with van der Waals surface area (Å²) in [4.78, 5) is 61.3. The van der Waals surface area contributed by atoms with Gasteiger partial charge in [0.1, 0.15) is 11.6 Å². The molecule has 0 radical (unpaired) electrons. The van der Waals surface area contributed by atoms with Crippen LogP contribution in [0.3, 0.4) is 0 Å². The molecule has 0 aromatic rings. The zero-order valence-corrected chi connectivity index (χ0v) is 24.4. The molecular formula is C31H43NO9. The Morgan fingerprint density at radius 2 is 1.85 bits per heavy atom. The van der Waals surface area contributed by atoms with Gasteiger partial charge >= 0.3 is 11.9 Å². The van der Waals surface area contributed by atoms with Crippen molar-refractivity contribution in [3.63, 3.8) is 0 Å². The minimum Gasteiger partial charge on any atom is -0.480 e. The first-order valence-corrected chi connectivity index (χ1v) is 14.7. The van der Waals surface area contributed by atoms with Gasteiger partial charge in [0, 0.05) is 23.2 Å². The Kier molecular flexibility index (Phi) is 8.67. The minimum absolute atomic E-state index is 0.0262. The number of carboxylic acids is 1. The summed E-state index contributed by atoms with van der Waals surface area (Å²) in [7, 11) is 0. The van der Waals surface area contributed by atoms with E-state index < -0.39 is 58.8 Å². The van der Waals surface area contributed by atoms with Gasteiger partial charge in [0.2, 0.25) is 11.7 Å². The number of carbonyl (C=O) groups excluding carboxylic acids is 4. The van der Waals surface area contributed by atoms with Crippen LogP contribution in [0.25, 0.3) is 0 Å². The van der Waals surface area contributed by atoms with Crippen molar-refractivity contribution in [1.82, 2.24) is 5.32 Å². The highest BCUT2D eigenvalue weighted by molar-refractivity contribution is 6.01. The number of carboxylic acid groups (broad SMARTS) is 1. The summed E-state index contributed by atoms with van der Waals surface area (Å²) >= 11 is 0. The van der Waals surface area contributed by atoms with Crippen LogP contribution >= 0.6 is 0 Å². The Morgan fingerprint density at radius 3 is 2.51 bits per heavy atom. The molecule has 41 heavy (non-hydrogen) atoms. The van der Waals surface area contributed by atoms with Crippen LogP contribution in [0.15, 0.2) is 23.8 Å². The second-order valence-corrected chi connectivity index (χ2v) is 13.3. The number of fused-ring (bicyclic) bond motifs is 5. The zero-order valence-electron chi connectivity index (χ0n) is 24.4. The first-order chi connectivity index (χ1) is 19.1. The van der Waals surface area contributed by atoms with Crippen LogP contribution in [0.4, 0.5) is 0 Å². The van der Waals surface area contributed by atoms with E-state index in [1.54, 1.807) is 12.2 Å². The van der Waals surface area contributed by atoms with Crippen molar-refractivity contribution in [3.8, 4) is 0 Å². The number of Topliss-reactive ketones (excluding diaryl/α,β-unsaturated/α-hetero) is 1. The first kappa shape index (κ1) is 31.1. The lowest BCUT2D eigenvalue weighted by atomic mass is 9.46. The van der Waals surface area contributed by atoms with E-state index in [1.165, 1.54) is 0 Å². The van der Waals surface area contributed by atoms with Crippen molar-refractivity contribution >= 4 is 29.4 Å². The minimum atomic E-state index is -1.78. The third-order valence-electron chi connectivity index (χ3n) is 10.4. The third-order valence-corrected chi connectivity index (χ3v) is 10.4. The number of aliphatic hydroxyl groups excluding tert-OH is 1. The van der Waals surface area contributed by atoms with E-state index in [9.17, 15) is 39.3 Å². The summed E-state index contributed by atoms with van der Waals surface area (Å²) in [5.41, 5.74) is -2.12. The molecule has 0 aromatic heterocycles. The number of carbonyl (C=O) groups is 5. The summed E-state index contributed by atoms with van der Waals surface area (Å²) in [6.45, 7) is 6.93. The average Bonchev–Trinajstić information content (AvgIpc) is 3.16. The van der Waals surface area contributed by atoms with Gasteiger partial charge in [-0.3, -0.25) is 19.2 Å². The largest absolute Gasteiger partial charge is 0.480 e. The fourth-order valence-electron chi connectivity index (χ4n) is 8.30. The predicted octanol–water partition coefficient (Wildman–Crippen LogP) is 2.50. The Balaban J connectivity index is 1.36. The van der Waals surface area contributed by atoms with E-state index in [1.807, 2.05) is 26.8 Å². The number of ether oxygens (including phenoxy) is 1. The van der Waals surface area contributed by atoms with E-state index in [-0.39, 0.29) is 61.6 Å². The van der Waals surface area contributed by atoms with Crippen LogP contribution in [-0.4, -0.2) is 69.1 Å². The number of aliphatic hydroxyl groups is 2. The molecule has 10 heteroatoms. The molecule has 0 spiro atoms. The molecule has 3 saturated carbocycles. The Labute approximate surface area is 240 Å². The van der Waals surface area contributed by atoms with Gasteiger partial charge in [-0.1, -0.05) is 39.3 Å². The van der Waals surface area contributed by atoms with Gasteiger partial charge in [-0.2, -0.15) is 0 Å². The van der Waals surface area contributed by atoms with Crippen LogP contribution in [0.1, 0.15) is 79.1 Å². The van der Waals surface area contributed by atoms with Gasteiger partial charge in [0.05, 0.1) is 12.5 Å². The number of nitrogens with one attached hydrogen (secondary N) is 1. The topological polar surface area (TPSA) is 167 Å². The molecule has 4 aliphatic carbocycles. The highest BCUT2D eigenvalue weighted by atomic mass is 16.5. The van der Waals surface area contributed by atoms with Gasteiger partial charge < -0.3 is 25.4 Å². The van der Waals surface area contributed by atoms with Crippen molar-refractivity contribution in [2.45, 2.75) is 96.8 Å². The normalized spacial score (nSPS) is 36.5. The maximum absolute atomic E-state index is 13.4. The molecule has 0 aromatic carbocycles. The molecule has 226 valence electrons. The molecule has 0 bridgehead atoms. The van der Waals surface area contributed by atoms with E-state index >= 15 is 0 Å². The van der Waals surface area contributed by atoms with Gasteiger partial charge in [0.15, 0.2) is 12.4 Å². The third kappa shape index (κ3) is 5.65. The number of hydrogen-bond donors (Lipinski definition) is 4. The molecule has 4 aliphatic rings. The smallest absolute Gasteiger partial charge is 0.326 e. The summed E-state index contributed by atoms with van der Waals surface area (Å²) in [6.07, 6.45) is 6.46. The summed E-state index contributed by atoms with van der Waals surface area (Å²) < 4.78 is 5.15. The van der Waals surface area contributed by atoms with Crippen molar-refractivity contribution in [1.29, 1.82) is 0 Å². The molecule has 1 amide bonds. The molecule has 8 atom stereocenters. The molecule has 4 N–H and O–H groups in total. The van der Waals surface area contributed by atoms with E-state index in [0.717, 1.165) is 18.4 Å². The lowest BCUT2D eigenvalue weighted by molar-refractivity contribution is -0.181. The average molecular weight is 574 g/mol. The van der Waals surface area contributed by atoms with Crippen LogP contribution < -0.4 is 5.32 Å². The maximum atomic E-state index is 13.4. The molecule has 10 nitrogen and oxygen atoms in total. The van der Waals surface area contributed by atoms with Crippen LogP contribution in [-0.2, 0) is 28.7 Å². The number of aliphatic carboxylic acids is 1. The van der Waals surface area contributed by atoms with Crippen molar-refractivity contribution < 1.29 is 44.0 Å². The molecule has 0 saturated heterocycles. The number of rotatable bonds is 10. The SMILES string of the molecule is CC(C)C[C@H](NC(=O)CCC(=O)OCC(=O)[C@@]1(O)CC[C@@H]2[C@@H]3CCC4=CC(=O)C=C[C@]4(C)[C@H]3[C@@H](O)C[C@@]21C)C(=O)O. The van der Waals surface area contributed by atoms with Crippen molar-refractivity contribution in [2.24, 2.45) is 34.5 Å². The zero-order chi connectivity index (χ0) is 30.3. The Morgan fingerprint density at radius 1 is 1.15 bits per heavy atom. The standard InChI is InChI=1S/C31H43NO9/c1-17(2)13-22(28(38)39)32-25(36)7-8-26(37)41-16-24(35)31(40)12-10-21-20-6-5-18-14-19(33)9-11-29(18,3)27(20)23(34)15-30(21,31)4/h9,11,14,17,20-23,27,34,40H,5-8,10,12-13,15-16H2,1-4H3,(H,32,36)(H,38,39)/t20-,21+,22-,23-,27+,29-,30-,31-/m0/s1. The fraction of sp³-hybridized carbons (Fsp3) is 0.710. The number of ketones is 2. The lowest BCUT2D eigenvalue weighted by Gasteiger charge is -2.59. The summed E-state index contributed by atoms with van der Waals surface area (Å²) in [6, 6.07) is -1.05. The number of hydrogen-bond acceptors (Lipinski definition) is 8. The fourth-order valence-corrected chi connectivity index (χ4v) is 8.30. The molecule has 0 unspecified atom stereocenters. The van der Waals surface area contributed by atoms with Gasteiger partial charge in [-0.05, 0) is 68.4 Å². The van der Waals surface area contributed by atoms with Gasteiger partial charge in [0.25, 0.3) is 0 Å². The Hall–Kier alpha value is -2.85. The van der Waals surface area contributed by atoms with E-state index in [4.69, 9.17) is 4.74 Å². The lowest BCUT2D eigenvalue weighted by Crippen LogP contribution is -2.61. The highest BCUT2D eigenvalue weighted by Crippen LogP contribution is 2.67. The second-order valence-electron chi connectivity index (χ2n) is 13.3. The summed E-state index contributed by atoms with van der Waals surface area (Å²) in [5, 5.41) is 34.9. The molecule has 0 heterocycles. The number of amides is 1. The quantitative estimate of drug-likeness (QED) is 0.287. The van der Waals surface area contributed by atoms with E-state index in [0.29, 0.717) is 6.42 Å². The number of esters is 1. The van der Waals surface area contributed by atoms with Crippen molar-refractivity contribution in [2.75, 3.05) is 6.61 Å². The maximum Gasteiger partial charge on any atom is 0.326 e. The van der Waals surface area contributed by atoms with Gasteiger partial charge in [-0.25, -0.2) is 4.79 Å².